The van der Waals surface area contributed by atoms with Gasteiger partial charge in [0.15, 0.2) is 0 Å². The third-order valence-electron chi connectivity index (χ3n) is 11.2. The van der Waals surface area contributed by atoms with Crippen molar-refractivity contribution in [2.24, 2.45) is 0 Å². The summed E-state index contributed by atoms with van der Waals surface area (Å²) >= 11 is 0. The Kier molecular flexibility index (Phi) is 4.97. The molecule has 1 heteroatoms. The van der Waals surface area contributed by atoms with Crippen LogP contribution in [0.3, 0.4) is 0 Å². The number of benzene rings is 9. The third kappa shape index (κ3) is 3.31. The van der Waals surface area contributed by atoms with Gasteiger partial charge >= 0.3 is 0 Å². The second-order valence-corrected chi connectivity index (χ2v) is 14.0. The van der Waals surface area contributed by atoms with Gasteiger partial charge in [-0.3, -0.25) is 0 Å². The molecule has 9 aromatic carbocycles. The van der Waals surface area contributed by atoms with Crippen molar-refractivity contribution in [1.29, 1.82) is 0 Å². The van der Waals surface area contributed by atoms with Crippen molar-refractivity contribution in [1.82, 2.24) is 0 Å². The molecule has 11 rings (SSSR count). The molecule has 1 nitrogen and oxygen atoms in total. The smallest absolute Gasteiger partial charge is 0.143 e. The van der Waals surface area contributed by atoms with Crippen molar-refractivity contribution in [3.63, 3.8) is 0 Å². The number of hydrogen-bond acceptors (Lipinski definition) is 1. The SMILES string of the molecule is CC1(C)c2cc(-c3ccc4c(c3)c3ccccc3c3c4ccc4oc5c6ccccc6ccc5c43)ccc2-c2c1ccc1ccccc21. The van der Waals surface area contributed by atoms with Crippen molar-refractivity contribution in [3.05, 3.63) is 157 Å². The number of fused-ring (bicyclic) bond motifs is 17. The molecular formula is C47H30O. The zero-order valence-corrected chi connectivity index (χ0v) is 26.8. The fourth-order valence-electron chi connectivity index (χ4n) is 8.90. The van der Waals surface area contributed by atoms with E-state index in [4.69, 9.17) is 4.42 Å². The molecule has 1 aliphatic rings. The molecule has 0 radical (unpaired) electrons. The first-order valence-electron chi connectivity index (χ1n) is 16.8. The van der Waals surface area contributed by atoms with E-state index in [-0.39, 0.29) is 5.41 Å². The topological polar surface area (TPSA) is 13.1 Å². The molecule has 0 unspecified atom stereocenters. The van der Waals surface area contributed by atoms with E-state index >= 15 is 0 Å². The van der Waals surface area contributed by atoms with Gasteiger partial charge in [0.05, 0.1) is 0 Å². The van der Waals surface area contributed by atoms with Gasteiger partial charge in [0.25, 0.3) is 0 Å². The summed E-state index contributed by atoms with van der Waals surface area (Å²) in [5, 5.41) is 15.0. The lowest BCUT2D eigenvalue weighted by Gasteiger charge is -2.22. The summed E-state index contributed by atoms with van der Waals surface area (Å²) in [7, 11) is 0. The number of hydrogen-bond donors (Lipinski definition) is 0. The second kappa shape index (κ2) is 9.12. The minimum atomic E-state index is -0.0749. The van der Waals surface area contributed by atoms with Crippen LogP contribution in [0.15, 0.2) is 150 Å². The van der Waals surface area contributed by atoms with Gasteiger partial charge in [-0.05, 0) is 107 Å². The van der Waals surface area contributed by atoms with E-state index in [1.54, 1.807) is 0 Å². The van der Waals surface area contributed by atoms with Crippen LogP contribution in [-0.2, 0) is 5.41 Å². The fourth-order valence-corrected chi connectivity index (χ4v) is 8.90. The van der Waals surface area contributed by atoms with Crippen LogP contribution in [-0.4, -0.2) is 0 Å². The monoisotopic (exact) mass is 610 g/mol. The van der Waals surface area contributed by atoms with Crippen LogP contribution in [0.5, 0.6) is 0 Å². The Morgan fingerprint density at radius 2 is 1.02 bits per heavy atom. The van der Waals surface area contributed by atoms with E-state index in [1.165, 1.54) is 92.6 Å². The number of furan rings is 1. The highest BCUT2D eigenvalue weighted by molar-refractivity contribution is 6.35. The van der Waals surface area contributed by atoms with Crippen molar-refractivity contribution in [3.8, 4) is 22.3 Å². The van der Waals surface area contributed by atoms with E-state index in [9.17, 15) is 0 Å². The molecule has 10 aromatic rings. The highest BCUT2D eigenvalue weighted by atomic mass is 16.3. The molecule has 0 N–H and O–H groups in total. The lowest BCUT2D eigenvalue weighted by molar-refractivity contribution is 0.661. The van der Waals surface area contributed by atoms with Crippen LogP contribution in [0.1, 0.15) is 25.0 Å². The molecule has 1 aliphatic carbocycles. The average molecular weight is 611 g/mol. The summed E-state index contributed by atoms with van der Waals surface area (Å²) in [6.07, 6.45) is 0. The lowest BCUT2D eigenvalue weighted by atomic mass is 9.81. The molecule has 0 saturated heterocycles. The second-order valence-electron chi connectivity index (χ2n) is 14.0. The maximum absolute atomic E-state index is 6.61. The van der Waals surface area contributed by atoms with Crippen LogP contribution >= 0.6 is 0 Å². The Balaban J connectivity index is 1.16. The standard InChI is InChI=1S/C47H30O/c1-47(2)40-23-18-27-9-3-5-11-31(27)43(40)37-20-17-30(26-41(37)47)29-16-19-34-36-22-24-42-45(44(36)35-14-8-7-13-33(35)39(34)25-29)38-21-15-28-10-4-6-12-32(28)46(38)48-42/h3-26H,1-2H3. The van der Waals surface area contributed by atoms with Gasteiger partial charge in [0.2, 0.25) is 0 Å². The highest BCUT2D eigenvalue weighted by Crippen LogP contribution is 2.52. The lowest BCUT2D eigenvalue weighted by Crippen LogP contribution is -2.15. The normalized spacial score (nSPS) is 13.8. The molecule has 0 spiro atoms. The van der Waals surface area contributed by atoms with E-state index in [0.717, 1.165) is 16.6 Å². The fraction of sp³-hybridized carbons (Fsp3) is 0.0638. The van der Waals surface area contributed by atoms with Crippen molar-refractivity contribution in [2.75, 3.05) is 0 Å². The van der Waals surface area contributed by atoms with Crippen LogP contribution < -0.4 is 0 Å². The zero-order chi connectivity index (χ0) is 31.7. The average Bonchev–Trinajstić information content (AvgIpc) is 3.63. The van der Waals surface area contributed by atoms with Gasteiger partial charge in [0, 0.05) is 27.0 Å². The van der Waals surface area contributed by atoms with E-state index in [2.05, 4.69) is 159 Å². The molecule has 0 bridgehead atoms. The van der Waals surface area contributed by atoms with Gasteiger partial charge in [-0.25, -0.2) is 0 Å². The van der Waals surface area contributed by atoms with Crippen molar-refractivity contribution < 1.29 is 4.42 Å². The molecule has 0 amide bonds. The molecule has 0 saturated carbocycles. The first kappa shape index (κ1) is 26.2. The van der Waals surface area contributed by atoms with E-state index < -0.39 is 0 Å². The molecule has 1 aromatic heterocycles. The van der Waals surface area contributed by atoms with Crippen LogP contribution in [0.4, 0.5) is 0 Å². The summed E-state index contributed by atoms with van der Waals surface area (Å²) in [5.41, 5.74) is 9.88. The van der Waals surface area contributed by atoms with Crippen molar-refractivity contribution >= 4 is 75.8 Å². The van der Waals surface area contributed by atoms with Gasteiger partial charge in [-0.15, -0.1) is 0 Å². The Morgan fingerprint density at radius 1 is 0.417 bits per heavy atom. The number of rotatable bonds is 1. The molecule has 1 heterocycles. The quantitative estimate of drug-likeness (QED) is 0.169. The summed E-state index contributed by atoms with van der Waals surface area (Å²) in [6.45, 7) is 4.75. The molecule has 224 valence electrons. The first-order valence-corrected chi connectivity index (χ1v) is 16.8. The van der Waals surface area contributed by atoms with E-state index in [1.807, 2.05) is 0 Å². The third-order valence-corrected chi connectivity index (χ3v) is 11.2. The maximum Gasteiger partial charge on any atom is 0.143 e. The Bertz CT molecular complexity index is 3010. The molecule has 48 heavy (non-hydrogen) atoms. The maximum atomic E-state index is 6.61. The Hall–Kier alpha value is -5.92. The Labute approximate surface area is 277 Å². The predicted octanol–water partition coefficient (Wildman–Crippen LogP) is 13.3. The highest BCUT2D eigenvalue weighted by Gasteiger charge is 2.36. The Morgan fingerprint density at radius 3 is 1.88 bits per heavy atom. The summed E-state index contributed by atoms with van der Waals surface area (Å²) in [4.78, 5) is 0. The molecule has 0 fully saturated rings. The first-order chi connectivity index (χ1) is 23.6. The summed E-state index contributed by atoms with van der Waals surface area (Å²) in [6, 6.07) is 53.9. The van der Waals surface area contributed by atoms with Crippen LogP contribution in [0, 0.1) is 0 Å². The van der Waals surface area contributed by atoms with Gasteiger partial charge in [-0.1, -0.05) is 129 Å². The summed E-state index contributed by atoms with van der Waals surface area (Å²) < 4.78 is 6.61. The minimum absolute atomic E-state index is 0.0749. The van der Waals surface area contributed by atoms with Gasteiger partial charge < -0.3 is 4.42 Å². The van der Waals surface area contributed by atoms with E-state index in [0.29, 0.717) is 0 Å². The minimum Gasteiger partial charge on any atom is -0.455 e. The van der Waals surface area contributed by atoms with Gasteiger partial charge in [0.1, 0.15) is 11.2 Å². The largest absolute Gasteiger partial charge is 0.455 e. The van der Waals surface area contributed by atoms with Crippen LogP contribution in [0.2, 0.25) is 0 Å². The van der Waals surface area contributed by atoms with Gasteiger partial charge in [-0.2, -0.15) is 0 Å². The predicted molar refractivity (Wildman–Crippen MR) is 204 cm³/mol. The molecule has 0 atom stereocenters. The molecular weight excluding hydrogens is 581 g/mol. The van der Waals surface area contributed by atoms with Crippen LogP contribution in [0.25, 0.3) is 98.1 Å². The molecule has 0 aliphatic heterocycles. The zero-order valence-electron chi connectivity index (χ0n) is 26.8. The summed E-state index contributed by atoms with van der Waals surface area (Å²) in [5.74, 6) is 0. The van der Waals surface area contributed by atoms with Crippen molar-refractivity contribution in [2.45, 2.75) is 19.3 Å².